The number of hydrogen-bond acceptors (Lipinski definition) is 2. The number of carbonyl (C=O) groups is 1. The fraction of sp³-hybridized carbons (Fsp3) is 0.500. The average molecular weight is 216 g/mol. The summed E-state index contributed by atoms with van der Waals surface area (Å²) in [5.74, 6) is 0.0406. The zero-order valence-corrected chi connectivity index (χ0v) is 9.32. The van der Waals surface area contributed by atoms with E-state index in [4.69, 9.17) is 4.74 Å². The van der Waals surface area contributed by atoms with Crippen molar-refractivity contribution in [1.29, 1.82) is 0 Å². The Balaban J connectivity index is 1.84. The van der Waals surface area contributed by atoms with Crippen molar-refractivity contribution in [1.82, 2.24) is 0 Å². The monoisotopic (exact) mass is 216 g/mol. The molecule has 3 rings (SSSR count). The lowest BCUT2D eigenvalue weighted by Crippen LogP contribution is -2.21. The minimum Gasteiger partial charge on any atom is -0.457 e. The molecule has 1 saturated heterocycles. The molecule has 1 aromatic carbocycles. The van der Waals surface area contributed by atoms with Crippen LogP contribution in [0.25, 0.3) is 0 Å². The molecule has 2 heteroatoms. The van der Waals surface area contributed by atoms with E-state index in [0.29, 0.717) is 0 Å². The van der Waals surface area contributed by atoms with Gasteiger partial charge in [0.15, 0.2) is 0 Å². The van der Waals surface area contributed by atoms with Gasteiger partial charge in [0.2, 0.25) is 0 Å². The predicted molar refractivity (Wildman–Crippen MR) is 60.8 cm³/mol. The Morgan fingerprint density at radius 3 is 2.50 bits per heavy atom. The summed E-state index contributed by atoms with van der Waals surface area (Å²) in [5.41, 5.74) is 1.00. The molecule has 0 radical (unpaired) electrons. The first-order chi connectivity index (χ1) is 7.80. The van der Waals surface area contributed by atoms with Crippen LogP contribution in [0.1, 0.15) is 43.8 Å². The molecule has 1 atom stereocenters. The van der Waals surface area contributed by atoms with Crippen molar-refractivity contribution < 1.29 is 9.53 Å². The van der Waals surface area contributed by atoms with Gasteiger partial charge in [-0.2, -0.15) is 0 Å². The second-order valence-electron chi connectivity index (χ2n) is 5.00. The Hall–Kier alpha value is -1.31. The Bertz CT molecular complexity index is 390. The van der Waals surface area contributed by atoms with Crippen LogP contribution in [0.4, 0.5) is 0 Å². The molecule has 0 aromatic heterocycles. The van der Waals surface area contributed by atoms with Crippen LogP contribution in [0.2, 0.25) is 0 Å². The number of carbonyl (C=O) groups excluding carboxylic acids is 1. The van der Waals surface area contributed by atoms with Crippen LogP contribution < -0.4 is 0 Å². The minimum absolute atomic E-state index is 0.00759. The third kappa shape index (κ3) is 1.44. The van der Waals surface area contributed by atoms with Crippen LogP contribution in [0, 0.1) is 5.41 Å². The molecular formula is C14H16O2. The van der Waals surface area contributed by atoms with Gasteiger partial charge in [0, 0.05) is 6.42 Å². The molecule has 1 aromatic rings. The predicted octanol–water partition coefficient (Wildman–Crippen LogP) is 3.24. The maximum Gasteiger partial charge on any atom is 0.312 e. The Morgan fingerprint density at radius 2 is 1.81 bits per heavy atom. The molecule has 1 heterocycles. The highest BCUT2D eigenvalue weighted by Crippen LogP contribution is 2.51. The fourth-order valence-electron chi connectivity index (χ4n) is 3.05. The largest absolute Gasteiger partial charge is 0.457 e. The van der Waals surface area contributed by atoms with Gasteiger partial charge in [-0.05, 0) is 18.4 Å². The van der Waals surface area contributed by atoms with Crippen LogP contribution in [-0.2, 0) is 9.53 Å². The zero-order valence-electron chi connectivity index (χ0n) is 9.32. The highest BCUT2D eigenvalue weighted by molar-refractivity contribution is 5.79. The van der Waals surface area contributed by atoms with Crippen molar-refractivity contribution in [3.63, 3.8) is 0 Å². The van der Waals surface area contributed by atoms with Crippen LogP contribution >= 0.6 is 0 Å². The molecule has 84 valence electrons. The van der Waals surface area contributed by atoms with Crippen molar-refractivity contribution >= 4 is 5.97 Å². The van der Waals surface area contributed by atoms with Crippen LogP contribution in [-0.4, -0.2) is 5.97 Å². The normalized spacial score (nSPS) is 27.2. The Kier molecular flexibility index (Phi) is 2.23. The standard InChI is InChI=1S/C14H16O2/c15-13-14(8-4-5-9-14)10-12(16-13)11-6-2-1-3-7-11/h1-3,6-7,12H,4-5,8-10H2. The first kappa shape index (κ1) is 9.88. The van der Waals surface area contributed by atoms with Gasteiger partial charge in [-0.1, -0.05) is 43.2 Å². The van der Waals surface area contributed by atoms with E-state index in [-0.39, 0.29) is 17.5 Å². The molecule has 16 heavy (non-hydrogen) atoms. The van der Waals surface area contributed by atoms with Crippen LogP contribution in [0.15, 0.2) is 30.3 Å². The maximum absolute atomic E-state index is 12.0. The summed E-state index contributed by atoms with van der Waals surface area (Å²) in [7, 11) is 0. The number of ether oxygens (including phenoxy) is 1. The summed E-state index contributed by atoms with van der Waals surface area (Å²) >= 11 is 0. The van der Waals surface area contributed by atoms with Gasteiger partial charge < -0.3 is 4.74 Å². The first-order valence-electron chi connectivity index (χ1n) is 6.06. The van der Waals surface area contributed by atoms with E-state index in [1.807, 2.05) is 30.3 Å². The number of hydrogen-bond donors (Lipinski definition) is 0. The second kappa shape index (κ2) is 3.62. The van der Waals surface area contributed by atoms with Crippen molar-refractivity contribution in [2.75, 3.05) is 0 Å². The average Bonchev–Trinajstić information content (AvgIpc) is 2.91. The van der Waals surface area contributed by atoms with E-state index in [9.17, 15) is 4.79 Å². The van der Waals surface area contributed by atoms with Gasteiger partial charge in [0.05, 0.1) is 5.41 Å². The summed E-state index contributed by atoms with van der Waals surface area (Å²) in [5, 5.41) is 0. The van der Waals surface area contributed by atoms with Crippen molar-refractivity contribution in [3.05, 3.63) is 35.9 Å². The lowest BCUT2D eigenvalue weighted by atomic mass is 9.82. The molecule has 0 N–H and O–H groups in total. The molecule has 2 aliphatic rings. The lowest BCUT2D eigenvalue weighted by molar-refractivity contribution is -0.148. The quantitative estimate of drug-likeness (QED) is 0.674. The minimum atomic E-state index is -0.138. The highest BCUT2D eigenvalue weighted by Gasteiger charge is 2.50. The summed E-state index contributed by atoms with van der Waals surface area (Å²) in [4.78, 5) is 12.0. The third-order valence-electron chi connectivity index (χ3n) is 3.99. The van der Waals surface area contributed by atoms with Crippen molar-refractivity contribution in [2.24, 2.45) is 5.41 Å². The van der Waals surface area contributed by atoms with Gasteiger partial charge >= 0.3 is 5.97 Å². The molecule has 1 aliphatic carbocycles. The molecule has 1 saturated carbocycles. The first-order valence-corrected chi connectivity index (χ1v) is 6.06. The summed E-state index contributed by atoms with van der Waals surface area (Å²) in [6, 6.07) is 10.1. The lowest BCUT2D eigenvalue weighted by Gasteiger charge is -2.16. The summed E-state index contributed by atoms with van der Waals surface area (Å²) < 4.78 is 5.55. The van der Waals surface area contributed by atoms with E-state index in [0.717, 1.165) is 24.8 Å². The molecule has 0 bridgehead atoms. The zero-order chi connectivity index (χ0) is 11.0. The van der Waals surface area contributed by atoms with Gasteiger partial charge in [0.1, 0.15) is 6.10 Å². The molecule has 0 amide bonds. The molecular weight excluding hydrogens is 200 g/mol. The van der Waals surface area contributed by atoms with Crippen LogP contribution in [0.5, 0.6) is 0 Å². The van der Waals surface area contributed by atoms with E-state index in [1.54, 1.807) is 0 Å². The number of benzene rings is 1. The number of cyclic esters (lactones) is 1. The topological polar surface area (TPSA) is 26.3 Å². The highest BCUT2D eigenvalue weighted by atomic mass is 16.6. The maximum atomic E-state index is 12.0. The molecule has 2 nitrogen and oxygen atoms in total. The molecule has 1 unspecified atom stereocenters. The molecule has 2 fully saturated rings. The number of esters is 1. The van der Waals surface area contributed by atoms with E-state index < -0.39 is 0 Å². The van der Waals surface area contributed by atoms with E-state index in [1.165, 1.54) is 12.8 Å². The second-order valence-corrected chi connectivity index (χ2v) is 5.00. The van der Waals surface area contributed by atoms with Crippen molar-refractivity contribution in [2.45, 2.75) is 38.2 Å². The SMILES string of the molecule is O=C1OC(c2ccccc2)CC12CCCC2. The number of rotatable bonds is 1. The fourth-order valence-corrected chi connectivity index (χ4v) is 3.05. The summed E-state index contributed by atoms with van der Waals surface area (Å²) in [6.07, 6.45) is 5.28. The Morgan fingerprint density at radius 1 is 1.12 bits per heavy atom. The summed E-state index contributed by atoms with van der Waals surface area (Å²) in [6.45, 7) is 0. The van der Waals surface area contributed by atoms with E-state index in [2.05, 4.69) is 0 Å². The third-order valence-corrected chi connectivity index (χ3v) is 3.99. The van der Waals surface area contributed by atoms with Gasteiger partial charge in [0.25, 0.3) is 0 Å². The smallest absolute Gasteiger partial charge is 0.312 e. The van der Waals surface area contributed by atoms with E-state index >= 15 is 0 Å². The van der Waals surface area contributed by atoms with Gasteiger partial charge in [-0.25, -0.2) is 0 Å². The molecule has 1 spiro atoms. The molecule has 1 aliphatic heterocycles. The Labute approximate surface area is 95.6 Å². The van der Waals surface area contributed by atoms with Gasteiger partial charge in [-0.3, -0.25) is 4.79 Å². The van der Waals surface area contributed by atoms with Gasteiger partial charge in [-0.15, -0.1) is 0 Å². The van der Waals surface area contributed by atoms with Crippen molar-refractivity contribution in [3.8, 4) is 0 Å². The van der Waals surface area contributed by atoms with Crippen LogP contribution in [0.3, 0.4) is 0 Å².